The Morgan fingerprint density at radius 2 is 1.90 bits per heavy atom. The number of thiazole rings is 1. The Morgan fingerprint density at radius 3 is 2.74 bits per heavy atom. The van der Waals surface area contributed by atoms with Gasteiger partial charge >= 0.3 is 0 Å². The Labute approximate surface area is 183 Å². The van der Waals surface area contributed by atoms with Crippen LogP contribution in [0.2, 0.25) is 0 Å². The maximum Gasteiger partial charge on any atom is 0.257 e. The summed E-state index contributed by atoms with van der Waals surface area (Å²) >= 11 is 1.42. The van der Waals surface area contributed by atoms with Crippen molar-refractivity contribution in [2.75, 3.05) is 17.4 Å². The molecular weight excluding hydrogens is 414 g/mol. The molecule has 1 unspecified atom stereocenters. The number of hydrogen-bond acceptors (Lipinski definition) is 6. The minimum atomic E-state index is -0.317. The smallest absolute Gasteiger partial charge is 0.257 e. The van der Waals surface area contributed by atoms with E-state index in [4.69, 9.17) is 9.47 Å². The zero-order valence-corrected chi connectivity index (χ0v) is 18.0. The molecular formula is C23H21N3O4S. The van der Waals surface area contributed by atoms with Gasteiger partial charge in [-0.15, -0.1) is 11.3 Å². The quantitative estimate of drug-likeness (QED) is 0.634. The highest BCUT2D eigenvalue weighted by molar-refractivity contribution is 7.16. The fraction of sp³-hybridized carbons (Fsp3) is 0.261. The molecule has 2 aromatic carbocycles. The normalized spacial score (nSPS) is 16.1. The summed E-state index contributed by atoms with van der Waals surface area (Å²) in [6.07, 6.45) is 1.50. The molecule has 0 saturated heterocycles. The van der Waals surface area contributed by atoms with E-state index in [-0.39, 0.29) is 24.5 Å². The van der Waals surface area contributed by atoms with Gasteiger partial charge in [0.15, 0.2) is 16.6 Å². The number of aryl methyl sites for hydroxylation is 3. The molecule has 0 radical (unpaired) electrons. The second-order valence-electron chi connectivity index (χ2n) is 7.75. The lowest BCUT2D eigenvalue weighted by Crippen LogP contribution is -2.20. The Kier molecular flexibility index (Phi) is 4.86. The van der Waals surface area contributed by atoms with Gasteiger partial charge in [0, 0.05) is 16.1 Å². The Balaban J connectivity index is 1.30. The van der Waals surface area contributed by atoms with Crippen molar-refractivity contribution in [1.29, 1.82) is 0 Å². The molecule has 158 valence electrons. The number of aromatic nitrogens is 1. The molecule has 1 atom stereocenters. The Bertz CT molecular complexity index is 1200. The molecule has 3 aromatic rings. The summed E-state index contributed by atoms with van der Waals surface area (Å²) in [7, 11) is 0. The fourth-order valence-corrected chi connectivity index (χ4v) is 4.95. The van der Waals surface area contributed by atoms with Crippen LogP contribution in [-0.2, 0) is 11.2 Å². The third-order valence-electron chi connectivity index (χ3n) is 5.53. The first-order chi connectivity index (χ1) is 15.0. The lowest BCUT2D eigenvalue weighted by molar-refractivity contribution is -0.117. The lowest BCUT2D eigenvalue weighted by atomic mass is 10.1. The minimum absolute atomic E-state index is 0.0651. The molecule has 2 heterocycles. The van der Waals surface area contributed by atoms with Crippen LogP contribution in [0.1, 0.15) is 44.4 Å². The van der Waals surface area contributed by atoms with Crippen molar-refractivity contribution in [2.24, 2.45) is 0 Å². The number of anilines is 2. The summed E-state index contributed by atoms with van der Waals surface area (Å²) in [5.41, 5.74) is 4.22. The second kappa shape index (κ2) is 7.70. The third-order valence-corrected chi connectivity index (χ3v) is 6.58. The van der Waals surface area contributed by atoms with Gasteiger partial charge < -0.3 is 14.8 Å². The van der Waals surface area contributed by atoms with Gasteiger partial charge in [-0.1, -0.05) is 17.7 Å². The van der Waals surface area contributed by atoms with E-state index in [1.165, 1.54) is 11.3 Å². The van der Waals surface area contributed by atoms with E-state index in [0.29, 0.717) is 22.2 Å². The largest absolute Gasteiger partial charge is 0.454 e. The van der Waals surface area contributed by atoms with E-state index >= 15 is 0 Å². The summed E-state index contributed by atoms with van der Waals surface area (Å²) in [5.74, 6) is 0.523. The molecule has 5 rings (SSSR count). The summed E-state index contributed by atoms with van der Waals surface area (Å²) in [6.45, 7) is 4.16. The van der Waals surface area contributed by atoms with Gasteiger partial charge in [-0.05, 0) is 56.5 Å². The van der Waals surface area contributed by atoms with Crippen LogP contribution in [0.5, 0.6) is 11.5 Å². The molecule has 0 spiro atoms. The second-order valence-corrected chi connectivity index (χ2v) is 8.83. The monoisotopic (exact) mass is 435 g/mol. The van der Waals surface area contributed by atoms with Crippen LogP contribution in [0.15, 0.2) is 36.4 Å². The van der Waals surface area contributed by atoms with Crippen LogP contribution in [0.3, 0.4) is 0 Å². The van der Waals surface area contributed by atoms with Gasteiger partial charge in [0.2, 0.25) is 12.7 Å². The van der Waals surface area contributed by atoms with Crippen molar-refractivity contribution >= 4 is 34.0 Å². The number of carbonyl (C=O) groups excluding carboxylic acids is 2. The van der Waals surface area contributed by atoms with Crippen molar-refractivity contribution in [3.05, 3.63) is 63.7 Å². The average molecular weight is 436 g/mol. The standard InChI is InChI=1S/C23H21N3O4S/c1-12-3-6-16(13(2)9-12)24-22(28)15-5-8-19-20(15)25-23(31-19)26-21(27)14-4-7-17-18(10-14)30-11-29-17/h3-4,6-7,9-10,15H,5,8,11H2,1-2H3,(H,24,28)(H,25,26,27). The van der Waals surface area contributed by atoms with Crippen molar-refractivity contribution < 1.29 is 19.1 Å². The molecule has 0 bridgehead atoms. The Hall–Kier alpha value is -3.39. The first-order valence-electron chi connectivity index (χ1n) is 10.1. The first kappa shape index (κ1) is 19.6. The average Bonchev–Trinajstić information content (AvgIpc) is 3.44. The number of ether oxygens (including phenoxy) is 2. The van der Waals surface area contributed by atoms with Crippen LogP contribution in [0.4, 0.5) is 10.8 Å². The van der Waals surface area contributed by atoms with Crippen LogP contribution < -0.4 is 20.1 Å². The minimum Gasteiger partial charge on any atom is -0.454 e. The van der Waals surface area contributed by atoms with Crippen LogP contribution in [0.25, 0.3) is 0 Å². The first-order valence-corrected chi connectivity index (χ1v) is 10.9. The molecule has 1 aliphatic heterocycles. The maximum atomic E-state index is 12.9. The highest BCUT2D eigenvalue weighted by Crippen LogP contribution is 2.39. The number of fused-ring (bicyclic) bond motifs is 2. The zero-order chi connectivity index (χ0) is 21.5. The van der Waals surface area contributed by atoms with Crippen molar-refractivity contribution in [3.8, 4) is 11.5 Å². The van der Waals surface area contributed by atoms with Gasteiger partial charge in [-0.3, -0.25) is 14.9 Å². The lowest BCUT2D eigenvalue weighted by Gasteiger charge is -2.13. The van der Waals surface area contributed by atoms with Gasteiger partial charge in [0.05, 0.1) is 11.6 Å². The van der Waals surface area contributed by atoms with E-state index in [2.05, 4.69) is 15.6 Å². The van der Waals surface area contributed by atoms with Crippen molar-refractivity contribution in [2.45, 2.75) is 32.6 Å². The molecule has 2 aliphatic rings. The van der Waals surface area contributed by atoms with Crippen LogP contribution in [0, 0.1) is 13.8 Å². The molecule has 2 N–H and O–H groups in total. The van der Waals surface area contributed by atoms with Crippen LogP contribution >= 0.6 is 11.3 Å². The number of hydrogen-bond donors (Lipinski definition) is 2. The SMILES string of the molecule is Cc1ccc(NC(=O)C2CCc3sc(NC(=O)c4ccc5c(c4)OCO5)nc32)c(C)c1. The highest BCUT2D eigenvalue weighted by atomic mass is 32.1. The van der Waals surface area contributed by atoms with Crippen LogP contribution in [-0.4, -0.2) is 23.6 Å². The zero-order valence-electron chi connectivity index (χ0n) is 17.2. The fourth-order valence-electron chi connectivity index (χ4n) is 3.92. The Morgan fingerprint density at radius 1 is 1.06 bits per heavy atom. The van der Waals surface area contributed by atoms with Crippen molar-refractivity contribution in [3.63, 3.8) is 0 Å². The molecule has 0 saturated carbocycles. The van der Waals surface area contributed by atoms with E-state index in [1.54, 1.807) is 18.2 Å². The highest BCUT2D eigenvalue weighted by Gasteiger charge is 2.33. The van der Waals surface area contributed by atoms with Gasteiger partial charge in [-0.25, -0.2) is 4.98 Å². The number of amides is 2. The van der Waals surface area contributed by atoms with Gasteiger partial charge in [0.25, 0.3) is 5.91 Å². The predicted octanol–water partition coefficient (Wildman–Crippen LogP) is 4.41. The summed E-state index contributed by atoms with van der Waals surface area (Å²) < 4.78 is 10.6. The number of nitrogens with one attached hydrogen (secondary N) is 2. The maximum absolute atomic E-state index is 12.9. The topological polar surface area (TPSA) is 89.6 Å². The summed E-state index contributed by atoms with van der Waals surface area (Å²) in [6, 6.07) is 11.0. The molecule has 2 amide bonds. The van der Waals surface area contributed by atoms with Gasteiger partial charge in [0.1, 0.15) is 0 Å². The van der Waals surface area contributed by atoms with Gasteiger partial charge in [-0.2, -0.15) is 0 Å². The van der Waals surface area contributed by atoms with E-state index in [9.17, 15) is 9.59 Å². The third kappa shape index (κ3) is 3.74. The van der Waals surface area contributed by atoms with E-state index in [0.717, 1.165) is 40.2 Å². The molecule has 31 heavy (non-hydrogen) atoms. The molecule has 7 nitrogen and oxygen atoms in total. The molecule has 8 heteroatoms. The molecule has 1 aliphatic carbocycles. The summed E-state index contributed by atoms with van der Waals surface area (Å²) in [5, 5.41) is 6.37. The predicted molar refractivity (Wildman–Crippen MR) is 118 cm³/mol. The number of benzene rings is 2. The van der Waals surface area contributed by atoms with E-state index in [1.807, 2.05) is 32.0 Å². The van der Waals surface area contributed by atoms with Crippen molar-refractivity contribution in [1.82, 2.24) is 4.98 Å². The number of rotatable bonds is 4. The van der Waals surface area contributed by atoms with E-state index < -0.39 is 0 Å². The number of carbonyl (C=O) groups is 2. The summed E-state index contributed by atoms with van der Waals surface area (Å²) in [4.78, 5) is 31.2. The molecule has 0 fully saturated rings. The number of nitrogens with zero attached hydrogens (tertiary/aromatic N) is 1. The molecule has 1 aromatic heterocycles.